The third kappa shape index (κ3) is 4.18. The molecule has 6 nitrogen and oxygen atoms in total. The van der Waals surface area contributed by atoms with E-state index in [2.05, 4.69) is 23.8 Å². The summed E-state index contributed by atoms with van der Waals surface area (Å²) in [5, 5.41) is 14.5. The molecule has 0 unspecified atom stereocenters. The quantitative estimate of drug-likeness (QED) is 0.341. The molecule has 0 saturated heterocycles. The molecule has 1 aromatic rings. The number of carbonyl (C=O) groups excluding carboxylic acids is 2. The van der Waals surface area contributed by atoms with E-state index >= 15 is 0 Å². The van der Waals surface area contributed by atoms with Crippen LogP contribution in [0.3, 0.4) is 0 Å². The van der Waals surface area contributed by atoms with E-state index in [1.54, 1.807) is 0 Å². The molecule has 0 aliphatic heterocycles. The SMILES string of the molecule is C=CC(=O)Nc1c(I)c(NC(=O)C=C)c(I)c(C(=O)O)c1I. The maximum atomic E-state index is 11.6. The number of rotatable bonds is 5. The van der Waals surface area contributed by atoms with Gasteiger partial charge in [0.25, 0.3) is 0 Å². The lowest BCUT2D eigenvalue weighted by Gasteiger charge is -2.18. The van der Waals surface area contributed by atoms with Gasteiger partial charge in [0.05, 0.1) is 27.6 Å². The zero-order valence-corrected chi connectivity index (χ0v) is 17.3. The Morgan fingerprint density at radius 1 is 0.864 bits per heavy atom. The first-order valence-corrected chi connectivity index (χ1v) is 8.78. The Hall–Kier alpha value is -0.700. The summed E-state index contributed by atoms with van der Waals surface area (Å²) >= 11 is 5.62. The second-order valence-corrected chi connectivity index (χ2v) is 7.00. The van der Waals surface area contributed by atoms with E-state index in [4.69, 9.17) is 0 Å². The summed E-state index contributed by atoms with van der Waals surface area (Å²) in [5.74, 6) is -2.11. The van der Waals surface area contributed by atoms with Gasteiger partial charge in [0, 0.05) is 0 Å². The van der Waals surface area contributed by atoms with Crippen LogP contribution >= 0.6 is 67.8 Å². The van der Waals surface area contributed by atoms with E-state index < -0.39 is 17.8 Å². The molecule has 0 radical (unpaired) electrons. The highest BCUT2D eigenvalue weighted by atomic mass is 127. The van der Waals surface area contributed by atoms with Gasteiger partial charge in [0.15, 0.2) is 0 Å². The van der Waals surface area contributed by atoms with Gasteiger partial charge in [-0.05, 0) is 79.9 Å². The van der Waals surface area contributed by atoms with Crippen molar-refractivity contribution in [1.29, 1.82) is 0 Å². The van der Waals surface area contributed by atoms with Crippen LogP contribution in [0.15, 0.2) is 25.3 Å². The summed E-state index contributed by atoms with van der Waals surface area (Å²) in [4.78, 5) is 34.6. The van der Waals surface area contributed by atoms with Crippen LogP contribution in [0.5, 0.6) is 0 Å². The fraction of sp³-hybridized carbons (Fsp3) is 0. The van der Waals surface area contributed by atoms with E-state index in [0.29, 0.717) is 22.1 Å². The molecule has 3 N–H and O–H groups in total. The van der Waals surface area contributed by atoms with E-state index in [1.165, 1.54) is 0 Å². The molecule has 1 aromatic carbocycles. The van der Waals surface area contributed by atoms with Crippen molar-refractivity contribution in [3.8, 4) is 0 Å². The molecule has 0 aromatic heterocycles. The number of benzene rings is 1. The predicted molar refractivity (Wildman–Crippen MR) is 109 cm³/mol. The zero-order valence-electron chi connectivity index (χ0n) is 10.9. The molecule has 22 heavy (non-hydrogen) atoms. The molecule has 0 bridgehead atoms. The van der Waals surface area contributed by atoms with Crippen molar-refractivity contribution >= 4 is 96.9 Å². The van der Waals surface area contributed by atoms with Gasteiger partial charge in [-0.1, -0.05) is 13.2 Å². The van der Waals surface area contributed by atoms with Crippen molar-refractivity contribution in [3.63, 3.8) is 0 Å². The van der Waals surface area contributed by atoms with Crippen LogP contribution in [0.4, 0.5) is 11.4 Å². The first-order chi connectivity index (χ1) is 10.2. The Labute approximate surface area is 167 Å². The Morgan fingerprint density at radius 2 is 1.23 bits per heavy atom. The largest absolute Gasteiger partial charge is 0.478 e. The predicted octanol–water partition coefficient (Wildman–Crippen LogP) is 3.45. The molecular weight excluding hydrogens is 629 g/mol. The highest BCUT2D eigenvalue weighted by Gasteiger charge is 2.25. The van der Waals surface area contributed by atoms with Gasteiger partial charge < -0.3 is 15.7 Å². The lowest BCUT2D eigenvalue weighted by atomic mass is 10.1. The van der Waals surface area contributed by atoms with Gasteiger partial charge in [-0.15, -0.1) is 0 Å². The van der Waals surface area contributed by atoms with Crippen LogP contribution in [0, 0.1) is 10.7 Å². The molecule has 0 atom stereocenters. The number of hydrogen-bond donors (Lipinski definition) is 3. The number of hydrogen-bond acceptors (Lipinski definition) is 3. The smallest absolute Gasteiger partial charge is 0.338 e. The third-order valence-electron chi connectivity index (χ3n) is 2.40. The average Bonchev–Trinajstić information content (AvgIpc) is 2.47. The Kier molecular flexibility index (Phi) is 7.24. The van der Waals surface area contributed by atoms with Crippen molar-refractivity contribution in [2.45, 2.75) is 0 Å². The lowest BCUT2D eigenvalue weighted by molar-refractivity contribution is -0.112. The minimum Gasteiger partial charge on any atom is -0.478 e. The van der Waals surface area contributed by atoms with Crippen molar-refractivity contribution < 1.29 is 19.5 Å². The van der Waals surface area contributed by atoms with Crippen LogP contribution < -0.4 is 10.6 Å². The van der Waals surface area contributed by atoms with Gasteiger partial charge >= 0.3 is 5.97 Å². The minimum atomic E-state index is -1.16. The molecule has 0 fully saturated rings. The van der Waals surface area contributed by atoms with Gasteiger partial charge in [-0.3, -0.25) is 9.59 Å². The number of amides is 2. The van der Waals surface area contributed by atoms with E-state index in [-0.39, 0.29) is 5.56 Å². The summed E-state index contributed by atoms with van der Waals surface area (Å²) in [6, 6.07) is 0. The van der Waals surface area contributed by atoms with Crippen molar-refractivity contribution in [1.82, 2.24) is 0 Å². The molecule has 0 aliphatic rings. The summed E-state index contributed by atoms with van der Waals surface area (Å²) in [7, 11) is 0. The summed E-state index contributed by atoms with van der Waals surface area (Å²) in [6.07, 6.45) is 2.15. The first kappa shape index (κ1) is 19.3. The maximum Gasteiger partial charge on any atom is 0.338 e. The molecule has 116 valence electrons. The Bertz CT molecular complexity index is 652. The van der Waals surface area contributed by atoms with Crippen molar-refractivity contribution in [2.75, 3.05) is 10.6 Å². The number of nitrogens with one attached hydrogen (secondary N) is 2. The van der Waals surface area contributed by atoms with Crippen LogP contribution in [-0.4, -0.2) is 22.9 Å². The fourth-order valence-electron chi connectivity index (χ4n) is 1.42. The van der Waals surface area contributed by atoms with E-state index in [9.17, 15) is 19.5 Å². The van der Waals surface area contributed by atoms with Gasteiger partial charge in [-0.25, -0.2) is 4.79 Å². The van der Waals surface area contributed by atoms with Crippen LogP contribution in [0.25, 0.3) is 0 Å². The van der Waals surface area contributed by atoms with E-state index in [0.717, 1.165) is 12.2 Å². The average molecular weight is 638 g/mol. The molecule has 2 amide bonds. The number of carboxylic acids is 1. The Balaban J connectivity index is 3.66. The van der Waals surface area contributed by atoms with Gasteiger partial charge in [0.1, 0.15) is 0 Å². The first-order valence-electron chi connectivity index (χ1n) is 5.55. The summed E-state index contributed by atoms with van der Waals surface area (Å²) in [6.45, 7) is 6.72. The minimum absolute atomic E-state index is 0.000315. The number of aromatic carboxylic acids is 1. The molecule has 9 heteroatoms. The molecule has 1 rings (SSSR count). The highest BCUT2D eigenvalue weighted by Crippen LogP contribution is 2.38. The summed E-state index contributed by atoms with van der Waals surface area (Å²) in [5.41, 5.74) is 0.617. The highest BCUT2D eigenvalue weighted by molar-refractivity contribution is 14.1. The normalized spacial score (nSPS) is 9.77. The molecular formula is C13H9I3N2O4. The monoisotopic (exact) mass is 638 g/mol. The van der Waals surface area contributed by atoms with E-state index in [1.807, 2.05) is 67.8 Å². The van der Waals surface area contributed by atoms with Gasteiger partial charge in [-0.2, -0.15) is 0 Å². The molecule has 0 spiro atoms. The van der Waals surface area contributed by atoms with Crippen molar-refractivity contribution in [3.05, 3.63) is 41.6 Å². The number of carbonyl (C=O) groups is 3. The standard InChI is InChI=1S/C13H9I3N2O4/c1-3-5(19)17-11-8(14)7(13(21)22)9(15)12(10(11)16)18-6(20)4-2/h3-4H,1-2H2,(H,17,19)(H,18,20)(H,21,22). The second kappa shape index (κ2) is 8.24. The number of anilines is 2. The molecule has 0 heterocycles. The molecule has 0 aliphatic carbocycles. The van der Waals surface area contributed by atoms with Crippen LogP contribution in [-0.2, 0) is 9.59 Å². The van der Waals surface area contributed by atoms with Crippen LogP contribution in [0.1, 0.15) is 10.4 Å². The number of halogens is 3. The molecule has 0 saturated carbocycles. The number of carboxylic acid groups (broad SMARTS) is 1. The second-order valence-electron chi connectivity index (χ2n) is 3.76. The topological polar surface area (TPSA) is 95.5 Å². The third-order valence-corrected chi connectivity index (χ3v) is 5.63. The van der Waals surface area contributed by atoms with Crippen molar-refractivity contribution in [2.24, 2.45) is 0 Å². The lowest BCUT2D eigenvalue weighted by Crippen LogP contribution is -2.18. The fourth-order valence-corrected chi connectivity index (χ4v) is 5.59. The van der Waals surface area contributed by atoms with Crippen LogP contribution in [0.2, 0.25) is 0 Å². The Morgan fingerprint density at radius 3 is 1.50 bits per heavy atom. The van der Waals surface area contributed by atoms with Gasteiger partial charge in [0.2, 0.25) is 11.8 Å². The zero-order chi connectivity index (χ0) is 17.0. The summed E-state index contributed by atoms with van der Waals surface area (Å²) < 4.78 is 1.25. The maximum absolute atomic E-state index is 11.6.